The summed E-state index contributed by atoms with van der Waals surface area (Å²) in [5.74, 6) is -1.11. The topological polar surface area (TPSA) is 52.6 Å². The maximum Gasteiger partial charge on any atom is 0.323 e. The number of carbonyl (C=O) groups is 2. The van der Waals surface area contributed by atoms with Gasteiger partial charge < -0.3 is 9.47 Å². The van der Waals surface area contributed by atoms with Gasteiger partial charge in [0, 0.05) is 6.42 Å². The zero-order valence-electron chi connectivity index (χ0n) is 12.7. The van der Waals surface area contributed by atoms with Crippen molar-refractivity contribution in [2.24, 2.45) is 5.41 Å². The highest BCUT2D eigenvalue weighted by molar-refractivity contribution is 5.99. The second-order valence-corrected chi connectivity index (χ2v) is 5.40. The summed E-state index contributed by atoms with van der Waals surface area (Å²) in [7, 11) is 2.58. The third kappa shape index (κ3) is 4.24. The molecule has 0 fully saturated rings. The Bertz CT molecular complexity index is 400. The molecule has 0 unspecified atom stereocenters. The molecule has 20 heavy (non-hydrogen) atoms. The smallest absolute Gasteiger partial charge is 0.323 e. The van der Waals surface area contributed by atoms with Crippen LogP contribution in [0.5, 0.6) is 0 Å². The van der Waals surface area contributed by atoms with E-state index in [1.54, 1.807) is 6.92 Å². The van der Waals surface area contributed by atoms with Crippen LogP contribution in [-0.4, -0.2) is 26.2 Å². The van der Waals surface area contributed by atoms with E-state index in [0.29, 0.717) is 6.42 Å². The van der Waals surface area contributed by atoms with E-state index >= 15 is 0 Å². The first-order valence-corrected chi connectivity index (χ1v) is 7.14. The minimum Gasteiger partial charge on any atom is -0.468 e. The van der Waals surface area contributed by atoms with Crippen molar-refractivity contribution in [2.75, 3.05) is 14.2 Å². The van der Waals surface area contributed by atoms with Crippen molar-refractivity contribution in [1.29, 1.82) is 0 Å². The molecule has 0 heterocycles. The molecule has 4 nitrogen and oxygen atoms in total. The van der Waals surface area contributed by atoms with Crippen molar-refractivity contribution in [3.05, 3.63) is 17.4 Å². The quantitative estimate of drug-likeness (QED) is 0.451. The zero-order valence-corrected chi connectivity index (χ0v) is 12.7. The standard InChI is InChI=1S/C16H24O4/c1-16(14(17)19-2,15(18)20-3)12-13-10-8-6-4-5-7-9-11-13/h8H,4-7,9,11-12H2,1-3H3. The fourth-order valence-corrected chi connectivity index (χ4v) is 2.47. The Labute approximate surface area is 120 Å². The number of carbonyl (C=O) groups excluding carboxylic acids is 2. The van der Waals surface area contributed by atoms with Crippen molar-refractivity contribution in [2.45, 2.75) is 51.9 Å². The molecular formula is C16H24O4. The van der Waals surface area contributed by atoms with E-state index in [9.17, 15) is 9.59 Å². The molecule has 1 aliphatic carbocycles. The van der Waals surface area contributed by atoms with Crippen LogP contribution in [0.3, 0.4) is 0 Å². The number of hydrogen-bond donors (Lipinski definition) is 0. The molecule has 0 amide bonds. The molecule has 0 bridgehead atoms. The summed E-state index contributed by atoms with van der Waals surface area (Å²) in [4.78, 5) is 23.9. The minimum atomic E-state index is -1.28. The van der Waals surface area contributed by atoms with Gasteiger partial charge in [-0.1, -0.05) is 12.8 Å². The summed E-state index contributed by atoms with van der Waals surface area (Å²) >= 11 is 0. The molecule has 1 rings (SSSR count). The first-order chi connectivity index (χ1) is 9.54. The summed E-state index contributed by atoms with van der Waals surface area (Å²) in [5, 5.41) is 0. The number of rotatable bonds is 4. The number of hydrogen-bond acceptors (Lipinski definition) is 4. The van der Waals surface area contributed by atoms with Crippen LogP contribution in [0.1, 0.15) is 51.9 Å². The van der Waals surface area contributed by atoms with E-state index < -0.39 is 17.4 Å². The van der Waals surface area contributed by atoms with Crippen LogP contribution in [-0.2, 0) is 19.1 Å². The predicted octanol–water partition coefficient (Wildman–Crippen LogP) is 3.16. The van der Waals surface area contributed by atoms with Gasteiger partial charge in [-0.25, -0.2) is 0 Å². The summed E-state index contributed by atoms with van der Waals surface area (Å²) < 4.78 is 9.54. The lowest BCUT2D eigenvalue weighted by Gasteiger charge is -2.24. The lowest BCUT2D eigenvalue weighted by atomic mass is 9.82. The molecule has 0 saturated heterocycles. The molecule has 0 atom stereocenters. The van der Waals surface area contributed by atoms with Gasteiger partial charge in [-0.2, -0.15) is 0 Å². The average molecular weight is 280 g/mol. The Balaban J connectivity index is 2.95. The average Bonchev–Trinajstić information content (AvgIpc) is 2.59. The molecule has 4 heteroatoms. The Hall–Kier alpha value is -1.54. The van der Waals surface area contributed by atoms with E-state index in [-0.39, 0.29) is 0 Å². The van der Waals surface area contributed by atoms with Crippen molar-refractivity contribution >= 4 is 11.9 Å². The van der Waals surface area contributed by atoms with E-state index in [0.717, 1.165) is 24.8 Å². The zero-order chi connectivity index (χ0) is 15.0. The van der Waals surface area contributed by atoms with Crippen LogP contribution in [0.25, 0.3) is 0 Å². The molecular weight excluding hydrogens is 256 g/mol. The van der Waals surface area contributed by atoms with Gasteiger partial charge in [0.2, 0.25) is 0 Å². The van der Waals surface area contributed by atoms with Crippen molar-refractivity contribution in [1.82, 2.24) is 0 Å². The van der Waals surface area contributed by atoms with Gasteiger partial charge in [0.15, 0.2) is 5.41 Å². The van der Waals surface area contributed by atoms with Gasteiger partial charge in [0.05, 0.1) is 14.2 Å². The highest BCUT2D eigenvalue weighted by Crippen LogP contribution is 2.31. The Morgan fingerprint density at radius 1 is 1.15 bits per heavy atom. The lowest BCUT2D eigenvalue weighted by molar-refractivity contribution is -0.167. The molecule has 0 aromatic rings. The summed E-state index contributed by atoms with van der Waals surface area (Å²) in [6.07, 6.45) is 8.80. The third-order valence-electron chi connectivity index (χ3n) is 3.72. The number of ether oxygens (including phenoxy) is 2. The molecule has 0 saturated carbocycles. The third-order valence-corrected chi connectivity index (χ3v) is 3.72. The summed E-state index contributed by atoms with van der Waals surface area (Å²) in [6, 6.07) is 0. The van der Waals surface area contributed by atoms with E-state index in [4.69, 9.17) is 9.47 Å². The van der Waals surface area contributed by atoms with Crippen LogP contribution in [0.4, 0.5) is 0 Å². The van der Waals surface area contributed by atoms with Gasteiger partial charge in [-0.15, -0.1) is 5.73 Å². The first kappa shape index (κ1) is 16.5. The van der Waals surface area contributed by atoms with Gasteiger partial charge in [0.25, 0.3) is 0 Å². The Kier molecular flexibility index (Phi) is 6.53. The molecule has 0 aliphatic heterocycles. The predicted molar refractivity (Wildman–Crippen MR) is 76.1 cm³/mol. The van der Waals surface area contributed by atoms with Crippen LogP contribution < -0.4 is 0 Å². The van der Waals surface area contributed by atoms with Crippen LogP contribution >= 0.6 is 0 Å². The van der Waals surface area contributed by atoms with E-state index in [2.05, 4.69) is 5.73 Å². The molecule has 0 spiro atoms. The number of allylic oxidation sites excluding steroid dienone is 1. The minimum absolute atomic E-state index is 0.308. The largest absolute Gasteiger partial charge is 0.468 e. The number of esters is 2. The van der Waals surface area contributed by atoms with Crippen LogP contribution in [0.15, 0.2) is 17.4 Å². The van der Waals surface area contributed by atoms with E-state index in [1.807, 2.05) is 6.08 Å². The lowest BCUT2D eigenvalue weighted by Crippen LogP contribution is -2.38. The van der Waals surface area contributed by atoms with Crippen molar-refractivity contribution in [3.8, 4) is 0 Å². The maximum absolute atomic E-state index is 12.0. The fraction of sp³-hybridized carbons (Fsp3) is 0.688. The highest BCUT2D eigenvalue weighted by atomic mass is 16.5. The second-order valence-electron chi connectivity index (χ2n) is 5.40. The Morgan fingerprint density at radius 2 is 1.75 bits per heavy atom. The van der Waals surface area contributed by atoms with Crippen molar-refractivity contribution < 1.29 is 19.1 Å². The molecule has 0 aromatic carbocycles. The molecule has 0 aromatic heterocycles. The SMILES string of the molecule is COC(=O)C(C)(CC1=C=CCCCCCC1)C(=O)OC. The highest BCUT2D eigenvalue weighted by Gasteiger charge is 2.44. The Morgan fingerprint density at radius 3 is 2.35 bits per heavy atom. The second kappa shape index (κ2) is 7.91. The van der Waals surface area contributed by atoms with Gasteiger partial charge in [0.1, 0.15) is 0 Å². The first-order valence-electron chi connectivity index (χ1n) is 7.14. The molecule has 0 radical (unpaired) electrons. The molecule has 112 valence electrons. The summed E-state index contributed by atoms with van der Waals surface area (Å²) in [5.41, 5.74) is 2.96. The number of methoxy groups -OCH3 is 2. The fourth-order valence-electron chi connectivity index (χ4n) is 2.47. The van der Waals surface area contributed by atoms with Crippen LogP contribution in [0, 0.1) is 5.41 Å². The van der Waals surface area contributed by atoms with Gasteiger partial charge in [-0.05, 0) is 44.3 Å². The van der Waals surface area contributed by atoms with E-state index in [1.165, 1.54) is 33.5 Å². The summed E-state index contributed by atoms with van der Waals surface area (Å²) in [6.45, 7) is 1.58. The van der Waals surface area contributed by atoms with Gasteiger partial charge >= 0.3 is 11.9 Å². The van der Waals surface area contributed by atoms with Crippen molar-refractivity contribution in [3.63, 3.8) is 0 Å². The molecule has 1 aliphatic rings. The molecule has 0 N–H and O–H groups in total. The normalized spacial score (nSPS) is 16.4. The maximum atomic E-state index is 12.0. The van der Waals surface area contributed by atoms with Gasteiger partial charge in [-0.3, -0.25) is 9.59 Å². The van der Waals surface area contributed by atoms with Crippen LogP contribution in [0.2, 0.25) is 0 Å². The monoisotopic (exact) mass is 280 g/mol.